The topological polar surface area (TPSA) is 9.23 Å². The van der Waals surface area contributed by atoms with Crippen LogP contribution in [-0.4, -0.2) is 22.4 Å². The Morgan fingerprint density at radius 2 is 2.28 bits per heavy atom. The van der Waals surface area contributed by atoms with Crippen molar-refractivity contribution < 1.29 is 4.74 Å². The van der Waals surface area contributed by atoms with Gasteiger partial charge in [-0.15, -0.1) is 18.0 Å². The molecule has 0 saturated heterocycles. The Labute approximate surface area is 124 Å². The summed E-state index contributed by atoms with van der Waals surface area (Å²) in [5, 5.41) is 0.00281. The summed E-state index contributed by atoms with van der Waals surface area (Å²) < 4.78 is 6.15. The van der Waals surface area contributed by atoms with Gasteiger partial charge in [-0.05, 0) is 31.8 Å². The van der Waals surface area contributed by atoms with Gasteiger partial charge >= 0.3 is 0 Å². The van der Waals surface area contributed by atoms with Gasteiger partial charge in [0.1, 0.15) is 0 Å². The van der Waals surface area contributed by atoms with E-state index in [-0.39, 0.29) is 17.6 Å². The molecule has 0 unspecified atom stereocenters. The van der Waals surface area contributed by atoms with E-state index in [1.54, 1.807) is 6.08 Å². The highest BCUT2D eigenvalue weighted by Gasteiger charge is 2.26. The maximum Gasteiger partial charge on any atom is 0.0780 e. The van der Waals surface area contributed by atoms with Crippen molar-refractivity contribution in [2.75, 3.05) is 0 Å². The van der Waals surface area contributed by atoms with Gasteiger partial charge in [0.25, 0.3) is 0 Å². The van der Waals surface area contributed by atoms with Crippen molar-refractivity contribution in [2.45, 2.75) is 55.0 Å². The molecule has 0 bridgehead atoms. The van der Waals surface area contributed by atoms with Crippen molar-refractivity contribution in [1.29, 1.82) is 0 Å². The average molecular weight is 332 g/mol. The zero-order valence-corrected chi connectivity index (χ0v) is 13.0. The Morgan fingerprint density at radius 1 is 1.56 bits per heavy atom. The third kappa shape index (κ3) is 5.18. The molecule has 0 amide bonds. The van der Waals surface area contributed by atoms with Crippen LogP contribution in [0.15, 0.2) is 24.3 Å². The molecular formula is C15H20BrClO. The summed E-state index contributed by atoms with van der Waals surface area (Å²) in [6.07, 6.45) is 17.0. The SMILES string of the molecule is C#C/C=C/C[C@@H]1O[C@H]([C@@H](Br)CC)C/C=C\C[C@@H]1Cl. The summed E-state index contributed by atoms with van der Waals surface area (Å²) in [7, 11) is 0. The van der Waals surface area contributed by atoms with Crippen molar-refractivity contribution >= 4 is 27.5 Å². The predicted octanol–water partition coefficient (Wildman–Crippen LogP) is 4.45. The van der Waals surface area contributed by atoms with Crippen molar-refractivity contribution in [3.63, 3.8) is 0 Å². The van der Waals surface area contributed by atoms with Crippen molar-refractivity contribution in [1.82, 2.24) is 0 Å². The molecule has 0 saturated carbocycles. The fraction of sp³-hybridized carbons (Fsp3) is 0.600. The van der Waals surface area contributed by atoms with Crippen LogP contribution in [0.4, 0.5) is 0 Å². The minimum Gasteiger partial charge on any atom is -0.372 e. The highest BCUT2D eigenvalue weighted by atomic mass is 79.9. The van der Waals surface area contributed by atoms with Crippen LogP contribution in [0.1, 0.15) is 32.6 Å². The van der Waals surface area contributed by atoms with Crippen LogP contribution >= 0.6 is 27.5 Å². The summed E-state index contributed by atoms with van der Waals surface area (Å²) in [6.45, 7) is 2.15. The first-order valence-corrected chi connectivity index (χ1v) is 7.74. The largest absolute Gasteiger partial charge is 0.372 e. The zero-order chi connectivity index (χ0) is 13.4. The molecule has 1 nitrogen and oxygen atoms in total. The fourth-order valence-corrected chi connectivity index (χ4v) is 2.55. The van der Waals surface area contributed by atoms with Gasteiger partial charge in [0.15, 0.2) is 0 Å². The number of allylic oxidation sites excluding steroid dienone is 2. The van der Waals surface area contributed by atoms with Gasteiger partial charge in [0.05, 0.1) is 17.6 Å². The molecule has 1 rings (SSSR count). The van der Waals surface area contributed by atoms with E-state index in [0.717, 1.165) is 25.7 Å². The Kier molecular flexibility index (Phi) is 7.74. The van der Waals surface area contributed by atoms with E-state index in [2.05, 4.69) is 40.9 Å². The predicted molar refractivity (Wildman–Crippen MR) is 82.3 cm³/mol. The maximum absolute atomic E-state index is 6.37. The lowest BCUT2D eigenvalue weighted by molar-refractivity contribution is -0.0122. The van der Waals surface area contributed by atoms with E-state index in [4.69, 9.17) is 22.8 Å². The molecule has 0 aromatic carbocycles. The molecule has 1 heterocycles. The van der Waals surface area contributed by atoms with Crippen LogP contribution in [0.25, 0.3) is 0 Å². The number of rotatable bonds is 4. The second-order valence-electron chi connectivity index (χ2n) is 4.40. The van der Waals surface area contributed by atoms with Gasteiger partial charge in [0.2, 0.25) is 0 Å². The Bertz CT molecular complexity index is 332. The molecule has 0 aromatic rings. The first-order valence-electron chi connectivity index (χ1n) is 6.38. The molecule has 18 heavy (non-hydrogen) atoms. The number of terminal acetylenes is 1. The molecule has 0 N–H and O–H groups in total. The number of hydrogen-bond donors (Lipinski definition) is 0. The molecule has 0 radical (unpaired) electrons. The molecule has 1 aliphatic heterocycles. The molecule has 1 aliphatic rings. The minimum atomic E-state index is 0.00281. The smallest absolute Gasteiger partial charge is 0.0780 e. The van der Waals surface area contributed by atoms with Gasteiger partial charge in [-0.3, -0.25) is 0 Å². The molecule has 0 aliphatic carbocycles. The quantitative estimate of drug-likeness (QED) is 0.420. The van der Waals surface area contributed by atoms with Crippen LogP contribution < -0.4 is 0 Å². The molecule has 100 valence electrons. The Hall–Kier alpha value is -0.230. The lowest BCUT2D eigenvalue weighted by Crippen LogP contribution is -2.34. The van der Waals surface area contributed by atoms with E-state index in [0.29, 0.717) is 4.83 Å². The Balaban J connectivity index is 2.69. The third-order valence-corrected chi connectivity index (χ3v) is 4.72. The van der Waals surface area contributed by atoms with E-state index in [1.165, 1.54) is 0 Å². The zero-order valence-electron chi connectivity index (χ0n) is 10.7. The second-order valence-corrected chi connectivity index (χ2v) is 6.14. The standard InChI is InChI=1S/C15H20BrClO/c1-3-5-6-11-15-13(17)9-7-8-10-14(18-15)12(16)4-2/h1,5-8,12-15H,4,9-11H2,2H3/b6-5+,8-7-/t12-,13-,14-,15-/m0/s1. The second kappa shape index (κ2) is 8.80. The van der Waals surface area contributed by atoms with Crippen LogP contribution in [0.2, 0.25) is 0 Å². The Morgan fingerprint density at radius 3 is 2.94 bits per heavy atom. The van der Waals surface area contributed by atoms with E-state index < -0.39 is 0 Å². The van der Waals surface area contributed by atoms with Gasteiger partial charge in [0, 0.05) is 4.83 Å². The normalized spacial score (nSPS) is 32.4. The van der Waals surface area contributed by atoms with Crippen molar-refractivity contribution in [3.8, 4) is 12.3 Å². The number of hydrogen-bond acceptors (Lipinski definition) is 1. The fourth-order valence-electron chi connectivity index (χ4n) is 1.94. The van der Waals surface area contributed by atoms with Crippen molar-refractivity contribution in [3.05, 3.63) is 24.3 Å². The lowest BCUT2D eigenvalue weighted by atomic mass is 10.0. The van der Waals surface area contributed by atoms with Gasteiger partial charge in [-0.2, -0.15) is 0 Å². The summed E-state index contributed by atoms with van der Waals surface area (Å²) in [5.74, 6) is 2.49. The third-order valence-electron chi connectivity index (χ3n) is 3.03. The summed E-state index contributed by atoms with van der Waals surface area (Å²) in [5.41, 5.74) is 0. The van der Waals surface area contributed by atoms with Gasteiger partial charge in [-0.25, -0.2) is 0 Å². The number of halogens is 2. The van der Waals surface area contributed by atoms with E-state index in [9.17, 15) is 0 Å². The summed E-state index contributed by atoms with van der Waals surface area (Å²) >= 11 is 10.1. The average Bonchev–Trinajstić information content (AvgIpc) is 2.37. The van der Waals surface area contributed by atoms with Crippen LogP contribution in [0, 0.1) is 12.3 Å². The first-order chi connectivity index (χ1) is 8.69. The number of alkyl halides is 2. The molecule has 4 atom stereocenters. The number of ether oxygens (including phenoxy) is 1. The lowest BCUT2D eigenvalue weighted by Gasteiger charge is -2.30. The molecule has 0 fully saturated rings. The van der Waals surface area contributed by atoms with Gasteiger partial charge in [-0.1, -0.05) is 47.0 Å². The van der Waals surface area contributed by atoms with E-state index >= 15 is 0 Å². The van der Waals surface area contributed by atoms with Crippen LogP contribution in [-0.2, 0) is 4.74 Å². The van der Waals surface area contributed by atoms with Crippen LogP contribution in [0.3, 0.4) is 0 Å². The molecule has 0 aromatic heterocycles. The van der Waals surface area contributed by atoms with Crippen molar-refractivity contribution in [2.24, 2.45) is 0 Å². The molecule has 0 spiro atoms. The minimum absolute atomic E-state index is 0.00281. The maximum atomic E-state index is 6.37. The summed E-state index contributed by atoms with van der Waals surface area (Å²) in [4.78, 5) is 0.364. The summed E-state index contributed by atoms with van der Waals surface area (Å²) in [6, 6.07) is 0. The highest BCUT2D eigenvalue weighted by Crippen LogP contribution is 2.26. The molecule has 3 heteroatoms. The first kappa shape index (κ1) is 15.8. The molecular weight excluding hydrogens is 312 g/mol. The highest BCUT2D eigenvalue weighted by molar-refractivity contribution is 9.09. The van der Waals surface area contributed by atoms with E-state index in [1.807, 2.05) is 6.08 Å². The monoisotopic (exact) mass is 330 g/mol. The van der Waals surface area contributed by atoms with Gasteiger partial charge < -0.3 is 4.74 Å². The van der Waals surface area contributed by atoms with Crippen LogP contribution in [0.5, 0.6) is 0 Å².